The molecule has 172 valence electrons. The van der Waals surface area contributed by atoms with Gasteiger partial charge in [0.15, 0.2) is 17.1 Å². The molecule has 6 rings (SSSR count). The molecule has 11 nitrogen and oxygen atoms in total. The lowest BCUT2D eigenvalue weighted by Gasteiger charge is -2.06. The minimum atomic E-state index is -3.42. The van der Waals surface area contributed by atoms with Crippen molar-refractivity contribution in [1.82, 2.24) is 40.1 Å². The van der Waals surface area contributed by atoms with Crippen LogP contribution < -0.4 is 4.72 Å². The average Bonchev–Trinajstić information content (AvgIpc) is 3.47. The van der Waals surface area contributed by atoms with Crippen molar-refractivity contribution in [3.8, 4) is 33.8 Å². The molecule has 0 saturated carbocycles. The summed E-state index contributed by atoms with van der Waals surface area (Å²) in [5, 5.41) is 8.12. The third-order valence-corrected chi connectivity index (χ3v) is 5.98. The van der Waals surface area contributed by atoms with Crippen molar-refractivity contribution in [2.24, 2.45) is 0 Å². The van der Waals surface area contributed by atoms with Gasteiger partial charge in [-0.05, 0) is 24.3 Å². The first-order valence-electron chi connectivity index (χ1n) is 10.5. The topological polar surface area (TPSA) is 155 Å². The Morgan fingerprint density at radius 2 is 1.74 bits per heavy atom. The average molecular weight is 484 g/mol. The highest BCUT2D eigenvalue weighted by Gasteiger charge is 2.17. The number of anilines is 1. The molecular weight excluding hydrogens is 466 g/mol. The van der Waals surface area contributed by atoms with Crippen LogP contribution in [0, 0.1) is 0 Å². The lowest BCUT2D eigenvalue weighted by molar-refractivity contribution is 0.607. The van der Waals surface area contributed by atoms with E-state index in [2.05, 4.69) is 39.8 Å². The van der Waals surface area contributed by atoms with Gasteiger partial charge in [-0.25, -0.2) is 23.4 Å². The van der Waals surface area contributed by atoms with Crippen LogP contribution in [0.15, 0.2) is 67.5 Å². The van der Waals surface area contributed by atoms with Crippen LogP contribution >= 0.6 is 0 Å². The van der Waals surface area contributed by atoms with Crippen LogP contribution in [0.3, 0.4) is 0 Å². The third kappa shape index (κ3) is 3.95. The molecule has 6 aromatic rings. The second kappa shape index (κ2) is 7.95. The van der Waals surface area contributed by atoms with Gasteiger partial charge in [0.1, 0.15) is 11.2 Å². The van der Waals surface area contributed by atoms with Crippen molar-refractivity contribution < 1.29 is 8.42 Å². The Bertz CT molecular complexity index is 1810. The Hall–Kier alpha value is -4.71. The lowest BCUT2D eigenvalue weighted by Crippen LogP contribution is -2.09. The summed E-state index contributed by atoms with van der Waals surface area (Å²) >= 11 is 0. The number of imidazole rings is 1. The Morgan fingerprint density at radius 3 is 2.57 bits per heavy atom. The van der Waals surface area contributed by atoms with Gasteiger partial charge in [-0.15, -0.1) is 0 Å². The van der Waals surface area contributed by atoms with E-state index in [1.165, 1.54) is 6.20 Å². The predicted molar refractivity (Wildman–Crippen MR) is 132 cm³/mol. The highest BCUT2D eigenvalue weighted by Crippen LogP contribution is 2.31. The summed E-state index contributed by atoms with van der Waals surface area (Å²) in [6.45, 7) is 0. The maximum Gasteiger partial charge on any atom is 0.229 e. The molecule has 0 atom stereocenters. The zero-order valence-electron chi connectivity index (χ0n) is 18.3. The normalized spacial score (nSPS) is 11.8. The van der Waals surface area contributed by atoms with Gasteiger partial charge in [0.2, 0.25) is 10.0 Å². The van der Waals surface area contributed by atoms with E-state index < -0.39 is 10.0 Å². The van der Waals surface area contributed by atoms with Crippen LogP contribution in [-0.2, 0) is 10.0 Å². The molecule has 6 heterocycles. The minimum Gasteiger partial charge on any atom is -0.321 e. The van der Waals surface area contributed by atoms with E-state index in [1.807, 2.05) is 24.3 Å². The molecule has 35 heavy (non-hydrogen) atoms. The molecule has 0 radical (unpaired) electrons. The minimum absolute atomic E-state index is 0.365. The molecule has 0 saturated heterocycles. The number of nitrogens with zero attached hydrogens (tertiary/aromatic N) is 6. The van der Waals surface area contributed by atoms with E-state index in [9.17, 15) is 8.42 Å². The van der Waals surface area contributed by atoms with E-state index in [4.69, 9.17) is 4.98 Å². The van der Waals surface area contributed by atoms with Crippen LogP contribution in [0.25, 0.3) is 56.0 Å². The Kier molecular flexibility index (Phi) is 4.74. The second-order valence-electron chi connectivity index (χ2n) is 7.91. The van der Waals surface area contributed by atoms with E-state index in [-0.39, 0.29) is 0 Å². The summed E-state index contributed by atoms with van der Waals surface area (Å²) in [7, 11) is -3.42. The van der Waals surface area contributed by atoms with Gasteiger partial charge in [0.25, 0.3) is 0 Å². The zero-order chi connectivity index (χ0) is 24.0. The largest absolute Gasteiger partial charge is 0.321 e. The number of fused-ring (bicyclic) bond motifs is 2. The number of rotatable bonds is 5. The molecule has 6 aromatic heterocycles. The van der Waals surface area contributed by atoms with Crippen molar-refractivity contribution in [3.05, 3.63) is 67.5 Å². The van der Waals surface area contributed by atoms with Crippen LogP contribution in [0.5, 0.6) is 0 Å². The number of nitrogens with one attached hydrogen (secondary N) is 3. The third-order valence-electron chi connectivity index (χ3n) is 5.37. The summed E-state index contributed by atoms with van der Waals surface area (Å²) in [5.74, 6) is 0.541. The van der Waals surface area contributed by atoms with Crippen LogP contribution in [0.2, 0.25) is 0 Å². The first-order valence-corrected chi connectivity index (χ1v) is 12.4. The van der Waals surface area contributed by atoms with E-state index in [1.54, 1.807) is 37.1 Å². The highest BCUT2D eigenvalue weighted by atomic mass is 32.2. The Morgan fingerprint density at radius 1 is 0.886 bits per heavy atom. The van der Waals surface area contributed by atoms with E-state index >= 15 is 0 Å². The fourth-order valence-corrected chi connectivity index (χ4v) is 4.43. The molecule has 3 N–H and O–H groups in total. The Labute approximate surface area is 198 Å². The van der Waals surface area contributed by atoms with Crippen LogP contribution in [-0.4, -0.2) is 54.8 Å². The van der Waals surface area contributed by atoms with Crippen molar-refractivity contribution in [2.75, 3.05) is 11.0 Å². The second-order valence-corrected chi connectivity index (χ2v) is 9.66. The molecule has 0 amide bonds. The number of sulfonamides is 1. The number of aromatic nitrogens is 8. The van der Waals surface area contributed by atoms with Gasteiger partial charge in [0, 0.05) is 53.2 Å². The van der Waals surface area contributed by atoms with Crippen molar-refractivity contribution in [2.45, 2.75) is 0 Å². The summed E-state index contributed by atoms with van der Waals surface area (Å²) in [6.07, 6.45) is 11.1. The lowest BCUT2D eigenvalue weighted by atomic mass is 10.1. The smallest absolute Gasteiger partial charge is 0.229 e. The first-order chi connectivity index (χ1) is 16.9. The fraction of sp³-hybridized carbons (Fsp3) is 0.0435. The molecule has 12 heteroatoms. The number of hydrogen-bond donors (Lipinski definition) is 3. The molecule has 0 fully saturated rings. The predicted octanol–water partition coefficient (Wildman–Crippen LogP) is 3.39. The SMILES string of the molecule is CS(=O)(=O)Nc1cncc(-c2cnc3[nH]nc(-c4nc5c(-c6cccnc6)ccnc5[nH]4)c3c2)c1. The van der Waals surface area contributed by atoms with Crippen molar-refractivity contribution in [3.63, 3.8) is 0 Å². The summed E-state index contributed by atoms with van der Waals surface area (Å²) in [5.41, 5.74) is 6.16. The molecule has 0 aromatic carbocycles. The Balaban J connectivity index is 1.45. The fourth-order valence-electron chi connectivity index (χ4n) is 3.89. The molecule has 0 aliphatic carbocycles. The van der Waals surface area contributed by atoms with Gasteiger partial charge in [-0.3, -0.25) is 19.8 Å². The summed E-state index contributed by atoms with van der Waals surface area (Å²) in [6, 6.07) is 9.35. The molecule has 0 bridgehead atoms. The standard InChI is InChI=1S/C23H17N9O2S/c1-35(33,34)32-16-7-14(10-25-12-16)15-8-18-20(30-31-21(18)27-11-15)23-28-19-17(4-6-26-22(19)29-23)13-3-2-5-24-9-13/h2-12,32H,1H3,(H,26,28,29)(H,27,30,31). The van der Waals surface area contributed by atoms with Gasteiger partial charge in [-0.2, -0.15) is 5.10 Å². The monoisotopic (exact) mass is 483 g/mol. The number of pyridine rings is 4. The van der Waals surface area contributed by atoms with E-state index in [0.29, 0.717) is 39.6 Å². The van der Waals surface area contributed by atoms with Gasteiger partial charge < -0.3 is 4.98 Å². The van der Waals surface area contributed by atoms with Crippen molar-refractivity contribution in [1.29, 1.82) is 0 Å². The molecule has 0 aliphatic rings. The molecule has 0 aliphatic heterocycles. The molecular formula is C23H17N9O2S. The van der Waals surface area contributed by atoms with Gasteiger partial charge >= 0.3 is 0 Å². The van der Waals surface area contributed by atoms with Gasteiger partial charge in [-0.1, -0.05) is 6.07 Å². The summed E-state index contributed by atoms with van der Waals surface area (Å²) < 4.78 is 25.6. The molecule has 0 unspecified atom stereocenters. The summed E-state index contributed by atoms with van der Waals surface area (Å²) in [4.78, 5) is 25.3. The number of aromatic amines is 2. The number of hydrogen-bond acceptors (Lipinski definition) is 8. The maximum absolute atomic E-state index is 11.6. The van der Waals surface area contributed by atoms with Crippen molar-refractivity contribution >= 4 is 37.9 Å². The van der Waals surface area contributed by atoms with Crippen LogP contribution in [0.4, 0.5) is 5.69 Å². The molecule has 0 spiro atoms. The van der Waals surface area contributed by atoms with Gasteiger partial charge in [0.05, 0.1) is 23.5 Å². The van der Waals surface area contributed by atoms with E-state index in [0.717, 1.165) is 28.3 Å². The number of H-pyrrole nitrogens is 2. The maximum atomic E-state index is 11.6. The van der Waals surface area contributed by atoms with Crippen LogP contribution in [0.1, 0.15) is 0 Å². The quantitative estimate of drug-likeness (QED) is 0.337. The highest BCUT2D eigenvalue weighted by molar-refractivity contribution is 7.92. The zero-order valence-corrected chi connectivity index (χ0v) is 19.1. The first kappa shape index (κ1) is 20.9.